The average molecular weight is 490 g/mol. The maximum absolute atomic E-state index is 9.10. The van der Waals surface area contributed by atoms with E-state index in [0.717, 1.165) is 39.3 Å². The van der Waals surface area contributed by atoms with Gasteiger partial charge in [-0.15, -0.1) is 0 Å². The Morgan fingerprint density at radius 1 is 0.714 bits per heavy atom. The van der Waals surface area contributed by atoms with Gasteiger partial charge in [0, 0.05) is 51.0 Å². The van der Waals surface area contributed by atoms with Crippen molar-refractivity contribution in [3.8, 4) is 0 Å². The minimum atomic E-state index is -1.82. The highest BCUT2D eigenvalue weighted by molar-refractivity contribution is 6.27. The van der Waals surface area contributed by atoms with Gasteiger partial charge in [-0.2, -0.15) is 0 Å². The van der Waals surface area contributed by atoms with Gasteiger partial charge in [-0.25, -0.2) is 19.2 Å². The first-order valence-electron chi connectivity index (χ1n) is 10.8. The molecule has 11 nitrogen and oxygen atoms in total. The van der Waals surface area contributed by atoms with Crippen molar-refractivity contribution in [2.75, 3.05) is 38.0 Å². The summed E-state index contributed by atoms with van der Waals surface area (Å²) in [4.78, 5) is 41.5. The predicted molar refractivity (Wildman–Crippen MR) is 128 cm³/mol. The Bertz CT molecular complexity index is 884. The minimum absolute atomic E-state index is 0.470. The molecule has 1 fully saturated rings. The fourth-order valence-corrected chi connectivity index (χ4v) is 3.22. The van der Waals surface area contributed by atoms with Crippen LogP contribution < -0.4 is 5.32 Å². The van der Waals surface area contributed by atoms with Gasteiger partial charge < -0.3 is 25.7 Å². The zero-order valence-corrected chi connectivity index (χ0v) is 19.4. The van der Waals surface area contributed by atoms with Gasteiger partial charge >= 0.3 is 23.9 Å². The fourth-order valence-electron chi connectivity index (χ4n) is 3.22. The zero-order chi connectivity index (χ0) is 26.2. The number of nitrogens with one attached hydrogen (secondary N) is 1. The molecule has 3 rings (SSSR count). The maximum atomic E-state index is 9.10. The normalized spacial score (nSPS) is 14.2. The van der Waals surface area contributed by atoms with Crippen LogP contribution in [0.5, 0.6) is 0 Å². The third-order valence-corrected chi connectivity index (χ3v) is 4.80. The number of nitrogens with zero attached hydrogens (tertiary/aromatic N) is 2. The van der Waals surface area contributed by atoms with Crippen molar-refractivity contribution in [2.45, 2.75) is 19.5 Å². The summed E-state index contributed by atoms with van der Waals surface area (Å²) in [6.07, 6.45) is 0. The van der Waals surface area contributed by atoms with Gasteiger partial charge in [-0.3, -0.25) is 9.80 Å². The van der Waals surface area contributed by atoms with Crippen molar-refractivity contribution in [3.63, 3.8) is 0 Å². The van der Waals surface area contributed by atoms with Crippen molar-refractivity contribution < 1.29 is 39.6 Å². The Morgan fingerprint density at radius 3 is 1.54 bits per heavy atom. The van der Waals surface area contributed by atoms with Gasteiger partial charge in [0.25, 0.3) is 0 Å². The van der Waals surface area contributed by atoms with Crippen LogP contribution in [0.2, 0.25) is 0 Å². The number of para-hydroxylation sites is 1. The molecule has 11 heteroatoms. The maximum Gasteiger partial charge on any atom is 0.414 e. The van der Waals surface area contributed by atoms with E-state index in [1.165, 1.54) is 11.3 Å². The molecule has 0 spiro atoms. The van der Waals surface area contributed by atoms with E-state index in [-0.39, 0.29) is 0 Å². The Morgan fingerprint density at radius 2 is 1.11 bits per heavy atom. The molecule has 5 N–H and O–H groups in total. The third kappa shape index (κ3) is 13.4. The highest BCUT2D eigenvalue weighted by Gasteiger charge is 2.18. The van der Waals surface area contributed by atoms with Gasteiger partial charge in [-0.05, 0) is 24.6 Å². The lowest BCUT2D eigenvalue weighted by atomic mass is 10.2. The third-order valence-electron chi connectivity index (χ3n) is 4.80. The molecule has 1 unspecified atom stereocenters. The first kappa shape index (κ1) is 29.1. The van der Waals surface area contributed by atoms with Gasteiger partial charge in [0.15, 0.2) is 0 Å². The van der Waals surface area contributed by atoms with E-state index in [0.29, 0.717) is 6.04 Å². The van der Waals surface area contributed by atoms with E-state index in [1.807, 2.05) is 0 Å². The molecule has 0 radical (unpaired) electrons. The number of anilines is 1. The van der Waals surface area contributed by atoms with Gasteiger partial charge in [-0.1, -0.05) is 48.5 Å². The summed E-state index contributed by atoms with van der Waals surface area (Å²) >= 11 is 0. The van der Waals surface area contributed by atoms with Crippen LogP contribution >= 0.6 is 0 Å². The molecule has 1 aliphatic rings. The topological polar surface area (TPSA) is 168 Å². The highest BCUT2D eigenvalue weighted by Crippen LogP contribution is 2.11. The molecule has 0 aromatic heterocycles. The van der Waals surface area contributed by atoms with E-state index < -0.39 is 23.9 Å². The first-order chi connectivity index (χ1) is 16.6. The summed E-state index contributed by atoms with van der Waals surface area (Å²) in [5.74, 6) is -7.30. The SMILES string of the molecule is CC(CN1CCN(Cc2ccccc2)CC1)Nc1ccccc1.O=C(O)C(=O)O.O=C(O)C(=O)O. The minimum Gasteiger partial charge on any atom is -0.473 e. The molecule has 35 heavy (non-hydrogen) atoms. The molecular formula is C24H31N3O8. The largest absolute Gasteiger partial charge is 0.473 e. The van der Waals surface area contributed by atoms with E-state index in [4.69, 9.17) is 39.6 Å². The predicted octanol–water partition coefficient (Wildman–Crippen LogP) is 1.62. The fraction of sp³-hybridized carbons (Fsp3) is 0.333. The molecular weight excluding hydrogens is 458 g/mol. The molecule has 0 aliphatic carbocycles. The van der Waals surface area contributed by atoms with Gasteiger partial charge in [0.05, 0.1) is 0 Å². The number of carbonyl (C=O) groups is 4. The van der Waals surface area contributed by atoms with Gasteiger partial charge in [0.2, 0.25) is 0 Å². The van der Waals surface area contributed by atoms with Crippen molar-refractivity contribution in [1.29, 1.82) is 0 Å². The Hall–Kier alpha value is -3.96. The van der Waals surface area contributed by atoms with Crippen LogP contribution in [0.4, 0.5) is 5.69 Å². The summed E-state index contributed by atoms with van der Waals surface area (Å²) in [5, 5.41) is 33.1. The van der Waals surface area contributed by atoms with Crippen LogP contribution in [0.1, 0.15) is 12.5 Å². The monoisotopic (exact) mass is 489 g/mol. The Kier molecular flexibility index (Phi) is 13.1. The molecule has 1 heterocycles. The Labute approximate surface area is 203 Å². The van der Waals surface area contributed by atoms with Crippen molar-refractivity contribution in [1.82, 2.24) is 9.80 Å². The number of aliphatic carboxylic acids is 4. The number of hydrogen-bond acceptors (Lipinski definition) is 7. The number of carboxylic acids is 4. The van der Waals surface area contributed by atoms with Crippen molar-refractivity contribution in [2.24, 2.45) is 0 Å². The molecule has 0 saturated carbocycles. The Balaban J connectivity index is 0.000000425. The zero-order valence-electron chi connectivity index (χ0n) is 19.4. The second-order valence-electron chi connectivity index (χ2n) is 7.69. The van der Waals surface area contributed by atoms with Crippen molar-refractivity contribution >= 4 is 29.6 Å². The van der Waals surface area contributed by atoms with Crippen LogP contribution in [-0.4, -0.2) is 92.9 Å². The van der Waals surface area contributed by atoms with Gasteiger partial charge in [0.1, 0.15) is 0 Å². The molecule has 0 amide bonds. The number of piperazine rings is 1. The molecule has 2 aromatic carbocycles. The van der Waals surface area contributed by atoms with E-state index >= 15 is 0 Å². The molecule has 190 valence electrons. The average Bonchev–Trinajstić information content (AvgIpc) is 2.82. The van der Waals surface area contributed by atoms with Crippen LogP contribution in [0.15, 0.2) is 60.7 Å². The quantitative estimate of drug-likeness (QED) is 0.374. The van der Waals surface area contributed by atoms with E-state index in [1.54, 1.807) is 0 Å². The molecule has 1 saturated heterocycles. The van der Waals surface area contributed by atoms with Crippen molar-refractivity contribution in [3.05, 3.63) is 66.2 Å². The summed E-state index contributed by atoms with van der Waals surface area (Å²) < 4.78 is 0. The lowest BCUT2D eigenvalue weighted by Crippen LogP contribution is -2.48. The second-order valence-corrected chi connectivity index (χ2v) is 7.69. The molecule has 0 bridgehead atoms. The smallest absolute Gasteiger partial charge is 0.414 e. The van der Waals surface area contributed by atoms with Crippen LogP contribution in [0.25, 0.3) is 0 Å². The summed E-state index contributed by atoms with van der Waals surface area (Å²) in [7, 11) is 0. The molecule has 1 aliphatic heterocycles. The van der Waals surface area contributed by atoms with Crippen LogP contribution in [-0.2, 0) is 25.7 Å². The summed E-state index contributed by atoms with van der Waals surface area (Å²) in [5.41, 5.74) is 2.63. The summed E-state index contributed by atoms with van der Waals surface area (Å²) in [6.45, 7) is 9.09. The number of benzene rings is 2. The lowest BCUT2D eigenvalue weighted by molar-refractivity contribution is -0.159. The number of rotatable bonds is 6. The molecule has 2 aromatic rings. The highest BCUT2D eigenvalue weighted by atomic mass is 16.4. The van der Waals surface area contributed by atoms with E-state index in [9.17, 15) is 0 Å². The number of carboxylic acid groups (broad SMARTS) is 4. The van der Waals surface area contributed by atoms with Crippen LogP contribution in [0.3, 0.4) is 0 Å². The molecule has 1 atom stereocenters. The summed E-state index contributed by atoms with van der Waals surface area (Å²) in [6, 6.07) is 21.7. The lowest BCUT2D eigenvalue weighted by Gasteiger charge is -2.36. The van der Waals surface area contributed by atoms with E-state index in [2.05, 4.69) is 82.7 Å². The first-order valence-corrected chi connectivity index (χ1v) is 10.8. The van der Waals surface area contributed by atoms with Crippen LogP contribution in [0, 0.1) is 0 Å². The standard InChI is InChI=1S/C20H27N3.2C2H2O4/c1-18(21-20-10-6-3-7-11-20)16-22-12-14-23(15-13-22)17-19-8-4-2-5-9-19;2*3-1(4)2(5)6/h2-11,18,21H,12-17H2,1H3;2*(H,3,4)(H,5,6). The number of hydrogen-bond donors (Lipinski definition) is 5. The second kappa shape index (κ2) is 15.8.